The molecule has 0 bridgehead atoms. The van der Waals surface area contributed by atoms with Crippen LogP contribution in [0.4, 0.5) is 10.2 Å². The smallest absolute Gasteiger partial charge is 0.151 e. The number of anilines is 1. The van der Waals surface area contributed by atoms with E-state index in [1.54, 1.807) is 12.1 Å². The summed E-state index contributed by atoms with van der Waals surface area (Å²) in [6, 6.07) is 10.1. The van der Waals surface area contributed by atoms with E-state index in [1.165, 1.54) is 12.1 Å². The molecular weight excluding hydrogens is 325 g/mol. The molecule has 4 nitrogen and oxygen atoms in total. The zero-order valence-corrected chi connectivity index (χ0v) is 14.9. The van der Waals surface area contributed by atoms with Gasteiger partial charge < -0.3 is 4.90 Å². The summed E-state index contributed by atoms with van der Waals surface area (Å²) in [6.07, 6.45) is 1.79. The largest absolute Gasteiger partial charge is 0.353 e. The lowest BCUT2D eigenvalue weighted by Crippen LogP contribution is -2.53. The first-order valence-corrected chi connectivity index (χ1v) is 9.63. The zero-order chi connectivity index (χ0) is 17.2. The Kier molecular flexibility index (Phi) is 4.94. The topological polar surface area (TPSA) is 46.1 Å². The van der Waals surface area contributed by atoms with E-state index in [0.29, 0.717) is 5.75 Å². The van der Waals surface area contributed by atoms with Crippen molar-refractivity contribution in [2.24, 2.45) is 0 Å². The van der Waals surface area contributed by atoms with Gasteiger partial charge in [0.1, 0.15) is 5.82 Å². The predicted molar refractivity (Wildman–Crippen MR) is 96.0 cm³/mol. The molecule has 0 radical (unpaired) electrons. The highest BCUT2D eigenvalue weighted by atomic mass is 32.2. The molecule has 2 heterocycles. The summed E-state index contributed by atoms with van der Waals surface area (Å²) in [5.41, 5.74) is 1.56. The van der Waals surface area contributed by atoms with Crippen molar-refractivity contribution >= 4 is 16.6 Å². The normalized spacial score (nSPS) is 20.1. The minimum absolute atomic E-state index is 0.157. The van der Waals surface area contributed by atoms with E-state index in [2.05, 4.69) is 28.9 Å². The maximum absolute atomic E-state index is 13.0. The second kappa shape index (κ2) is 6.97. The Hall–Kier alpha value is -1.82. The first-order chi connectivity index (χ1) is 11.6. The van der Waals surface area contributed by atoms with Gasteiger partial charge >= 0.3 is 0 Å². The number of nitrogens with zero attached hydrogens (tertiary/aromatic N) is 3. The quantitative estimate of drug-likeness (QED) is 0.850. The lowest BCUT2D eigenvalue weighted by atomic mass is 10.0. The molecule has 128 valence electrons. The average molecular weight is 347 g/mol. The summed E-state index contributed by atoms with van der Waals surface area (Å²) in [5.74, 6) is 1.22. The SMILES string of the molecule is CCC1(CC)CN(c2ccc(-c3ccc(F)cc3)nn2)CCS1=O. The first-order valence-electron chi connectivity index (χ1n) is 8.31. The minimum Gasteiger partial charge on any atom is -0.353 e. The van der Waals surface area contributed by atoms with Crippen LogP contribution in [0.25, 0.3) is 11.3 Å². The van der Waals surface area contributed by atoms with Gasteiger partial charge in [0, 0.05) is 35.2 Å². The molecule has 1 aromatic heterocycles. The Morgan fingerprint density at radius 2 is 1.83 bits per heavy atom. The molecule has 24 heavy (non-hydrogen) atoms. The second-order valence-corrected chi connectivity index (χ2v) is 8.11. The Morgan fingerprint density at radius 3 is 2.42 bits per heavy atom. The van der Waals surface area contributed by atoms with Crippen LogP contribution in [0, 0.1) is 5.82 Å². The number of halogens is 1. The molecule has 1 unspecified atom stereocenters. The van der Waals surface area contributed by atoms with Gasteiger partial charge in [0.05, 0.1) is 10.4 Å². The third-order valence-corrected chi connectivity index (χ3v) is 7.14. The van der Waals surface area contributed by atoms with Gasteiger partial charge in [0.2, 0.25) is 0 Å². The fourth-order valence-corrected chi connectivity index (χ4v) is 4.93. The molecule has 0 spiro atoms. The van der Waals surface area contributed by atoms with Gasteiger partial charge in [-0.25, -0.2) is 4.39 Å². The Balaban J connectivity index is 1.80. The summed E-state index contributed by atoms with van der Waals surface area (Å²) < 4.78 is 25.3. The van der Waals surface area contributed by atoms with Crippen molar-refractivity contribution < 1.29 is 8.60 Å². The maximum atomic E-state index is 13.0. The van der Waals surface area contributed by atoms with Crippen LogP contribution in [-0.4, -0.2) is 38.0 Å². The maximum Gasteiger partial charge on any atom is 0.151 e. The molecule has 1 atom stereocenters. The van der Waals surface area contributed by atoms with E-state index < -0.39 is 10.8 Å². The van der Waals surface area contributed by atoms with Crippen LogP contribution in [0.1, 0.15) is 26.7 Å². The highest BCUT2D eigenvalue weighted by Crippen LogP contribution is 2.30. The van der Waals surface area contributed by atoms with Crippen LogP contribution in [0.15, 0.2) is 36.4 Å². The summed E-state index contributed by atoms with van der Waals surface area (Å²) in [7, 11) is -0.793. The van der Waals surface area contributed by atoms with Crippen LogP contribution >= 0.6 is 0 Å². The summed E-state index contributed by atoms with van der Waals surface area (Å²) in [4.78, 5) is 2.18. The monoisotopic (exact) mass is 347 g/mol. The summed E-state index contributed by atoms with van der Waals surface area (Å²) in [6.45, 7) is 5.69. The summed E-state index contributed by atoms with van der Waals surface area (Å²) >= 11 is 0. The fourth-order valence-electron chi connectivity index (χ4n) is 3.17. The third kappa shape index (κ3) is 3.20. The molecule has 1 aromatic carbocycles. The van der Waals surface area contributed by atoms with E-state index in [0.717, 1.165) is 43.0 Å². The van der Waals surface area contributed by atoms with Crippen molar-refractivity contribution in [3.05, 3.63) is 42.2 Å². The Morgan fingerprint density at radius 1 is 1.12 bits per heavy atom. The van der Waals surface area contributed by atoms with E-state index in [4.69, 9.17) is 0 Å². The minimum atomic E-state index is -0.793. The molecule has 2 aromatic rings. The molecule has 3 rings (SSSR count). The van der Waals surface area contributed by atoms with E-state index in [9.17, 15) is 8.60 Å². The zero-order valence-electron chi connectivity index (χ0n) is 14.0. The third-order valence-electron chi connectivity index (χ3n) is 4.91. The van der Waals surface area contributed by atoms with Gasteiger partial charge in [-0.3, -0.25) is 4.21 Å². The molecule has 6 heteroatoms. The van der Waals surface area contributed by atoms with Crippen molar-refractivity contribution in [3.63, 3.8) is 0 Å². The van der Waals surface area contributed by atoms with Crippen molar-refractivity contribution in [1.29, 1.82) is 0 Å². The predicted octanol–water partition coefficient (Wildman–Crippen LogP) is 3.41. The number of aromatic nitrogens is 2. The van der Waals surface area contributed by atoms with Gasteiger partial charge in [-0.05, 0) is 49.2 Å². The van der Waals surface area contributed by atoms with E-state index in [1.807, 2.05) is 12.1 Å². The molecule has 1 saturated heterocycles. The standard InChI is InChI=1S/C18H22FN3OS/c1-3-18(4-2)13-22(11-12-24(18)23)17-10-9-16(20-21-17)14-5-7-15(19)8-6-14/h5-10H,3-4,11-13H2,1-2H3. The Bertz CT molecular complexity index is 714. The van der Waals surface area contributed by atoms with Gasteiger partial charge in [0.25, 0.3) is 0 Å². The second-order valence-electron chi connectivity index (χ2n) is 6.14. The number of rotatable bonds is 4. The van der Waals surface area contributed by atoms with Gasteiger partial charge in [-0.15, -0.1) is 10.2 Å². The highest BCUT2D eigenvalue weighted by Gasteiger charge is 2.39. The lowest BCUT2D eigenvalue weighted by Gasteiger charge is -2.41. The molecule has 1 fully saturated rings. The van der Waals surface area contributed by atoms with Crippen molar-refractivity contribution in [2.75, 3.05) is 23.7 Å². The first kappa shape index (κ1) is 17.0. The molecule has 0 N–H and O–H groups in total. The molecule has 0 saturated carbocycles. The van der Waals surface area contributed by atoms with Crippen molar-refractivity contribution in [3.8, 4) is 11.3 Å². The van der Waals surface area contributed by atoms with E-state index in [-0.39, 0.29) is 10.6 Å². The molecule has 1 aliphatic rings. The van der Waals surface area contributed by atoms with Crippen molar-refractivity contribution in [1.82, 2.24) is 10.2 Å². The van der Waals surface area contributed by atoms with Crippen LogP contribution in [0.5, 0.6) is 0 Å². The van der Waals surface area contributed by atoms with Gasteiger partial charge in [0.15, 0.2) is 5.82 Å². The number of benzene rings is 1. The van der Waals surface area contributed by atoms with Crippen LogP contribution < -0.4 is 4.90 Å². The Labute approximate surface area is 144 Å². The van der Waals surface area contributed by atoms with E-state index >= 15 is 0 Å². The molecule has 0 aliphatic carbocycles. The van der Waals surface area contributed by atoms with Crippen LogP contribution in [0.3, 0.4) is 0 Å². The van der Waals surface area contributed by atoms with Crippen LogP contribution in [0.2, 0.25) is 0 Å². The van der Waals surface area contributed by atoms with Crippen molar-refractivity contribution in [2.45, 2.75) is 31.4 Å². The number of hydrogen-bond acceptors (Lipinski definition) is 4. The fraction of sp³-hybridized carbons (Fsp3) is 0.444. The molecule has 1 aliphatic heterocycles. The van der Waals surface area contributed by atoms with Gasteiger partial charge in [-0.1, -0.05) is 13.8 Å². The van der Waals surface area contributed by atoms with Crippen LogP contribution in [-0.2, 0) is 10.8 Å². The molecule has 0 amide bonds. The summed E-state index contributed by atoms with van der Waals surface area (Å²) in [5, 5.41) is 8.63. The average Bonchev–Trinajstić information content (AvgIpc) is 2.63. The van der Waals surface area contributed by atoms with Gasteiger partial charge in [-0.2, -0.15) is 0 Å². The number of hydrogen-bond donors (Lipinski definition) is 0. The molecular formula is C18H22FN3OS. The highest BCUT2D eigenvalue weighted by molar-refractivity contribution is 7.86. The lowest BCUT2D eigenvalue weighted by molar-refractivity contribution is 0.494.